The zero-order valence-corrected chi connectivity index (χ0v) is 10.7. The average Bonchev–Trinajstić information content (AvgIpc) is 2.55. The van der Waals surface area contributed by atoms with Gasteiger partial charge in [-0.1, -0.05) is 29.8 Å². The van der Waals surface area contributed by atoms with E-state index in [2.05, 4.69) is 11.9 Å². The summed E-state index contributed by atoms with van der Waals surface area (Å²) in [4.78, 5) is 25.2. The molecule has 0 radical (unpaired) electrons. The molecule has 0 saturated carbocycles. The minimum Gasteiger partial charge on any atom is -0.319 e. The minimum absolute atomic E-state index is 0.202. The van der Waals surface area contributed by atoms with Gasteiger partial charge in [-0.2, -0.15) is 0 Å². The lowest BCUT2D eigenvalue weighted by Crippen LogP contribution is -2.40. The van der Waals surface area contributed by atoms with Crippen molar-refractivity contribution in [1.82, 2.24) is 10.2 Å². The van der Waals surface area contributed by atoms with Gasteiger partial charge in [0.1, 0.15) is 5.54 Å². The molecule has 94 valence electrons. The molecule has 1 heterocycles. The Morgan fingerprint density at radius 3 is 2.56 bits per heavy atom. The number of halogens is 1. The zero-order chi connectivity index (χ0) is 13.3. The van der Waals surface area contributed by atoms with Crippen LogP contribution in [0.2, 0.25) is 5.02 Å². The molecule has 3 amide bonds. The Hall–Kier alpha value is -1.81. The highest BCUT2D eigenvalue weighted by atomic mass is 35.5. The second-order valence-corrected chi connectivity index (χ2v) is 4.70. The third kappa shape index (κ3) is 1.88. The lowest BCUT2D eigenvalue weighted by molar-refractivity contribution is -0.130. The quantitative estimate of drug-likeness (QED) is 0.673. The highest BCUT2D eigenvalue weighted by Crippen LogP contribution is 2.29. The standard InChI is InChI=1S/C13H13ClN2O2/c1-3-8-16-11(17)13(2,15-12(16)18)9-4-6-10(14)7-5-9/h3-7H,1,8H2,2H3,(H,15,18)/t13-/m1/s1. The van der Waals surface area contributed by atoms with Crippen molar-refractivity contribution in [1.29, 1.82) is 0 Å². The van der Waals surface area contributed by atoms with E-state index in [1.807, 2.05) is 0 Å². The molecule has 0 unspecified atom stereocenters. The topological polar surface area (TPSA) is 49.4 Å². The molecule has 1 aliphatic rings. The van der Waals surface area contributed by atoms with Gasteiger partial charge in [-0.15, -0.1) is 6.58 Å². The van der Waals surface area contributed by atoms with Gasteiger partial charge in [0.05, 0.1) is 0 Å². The minimum atomic E-state index is -1.04. The molecule has 5 heteroatoms. The van der Waals surface area contributed by atoms with Crippen LogP contribution >= 0.6 is 11.6 Å². The van der Waals surface area contributed by atoms with E-state index in [1.165, 1.54) is 6.08 Å². The second-order valence-electron chi connectivity index (χ2n) is 4.27. The van der Waals surface area contributed by atoms with E-state index in [9.17, 15) is 9.59 Å². The Labute approximate surface area is 110 Å². The first-order valence-electron chi connectivity index (χ1n) is 5.50. The van der Waals surface area contributed by atoms with Gasteiger partial charge in [-0.05, 0) is 24.6 Å². The Morgan fingerprint density at radius 1 is 1.39 bits per heavy atom. The fraction of sp³-hybridized carbons (Fsp3) is 0.231. The zero-order valence-electron chi connectivity index (χ0n) is 9.94. The van der Waals surface area contributed by atoms with Crippen LogP contribution in [-0.4, -0.2) is 23.4 Å². The Kier molecular flexibility index (Phi) is 3.13. The predicted octanol–water partition coefficient (Wildman–Crippen LogP) is 2.29. The van der Waals surface area contributed by atoms with E-state index in [0.29, 0.717) is 10.6 Å². The largest absolute Gasteiger partial charge is 0.325 e. The third-order valence-electron chi connectivity index (χ3n) is 3.01. The summed E-state index contributed by atoms with van der Waals surface area (Å²) in [6, 6.07) is 6.45. The van der Waals surface area contributed by atoms with Crippen LogP contribution in [0.15, 0.2) is 36.9 Å². The lowest BCUT2D eigenvalue weighted by atomic mass is 9.92. The molecular weight excluding hydrogens is 252 g/mol. The molecule has 0 aromatic heterocycles. The smallest absolute Gasteiger partial charge is 0.319 e. The number of carbonyl (C=O) groups excluding carboxylic acids is 2. The van der Waals surface area contributed by atoms with Crippen molar-refractivity contribution in [3.8, 4) is 0 Å². The molecule has 18 heavy (non-hydrogen) atoms. The highest BCUT2D eigenvalue weighted by Gasteiger charge is 2.48. The van der Waals surface area contributed by atoms with E-state index >= 15 is 0 Å². The van der Waals surface area contributed by atoms with Crippen molar-refractivity contribution in [2.24, 2.45) is 0 Å². The molecule has 1 N–H and O–H groups in total. The monoisotopic (exact) mass is 264 g/mol. The number of hydrogen-bond donors (Lipinski definition) is 1. The summed E-state index contributed by atoms with van der Waals surface area (Å²) in [5, 5.41) is 3.28. The number of nitrogens with one attached hydrogen (secondary N) is 1. The molecule has 2 rings (SSSR count). The molecule has 1 saturated heterocycles. The van der Waals surface area contributed by atoms with Gasteiger partial charge in [-0.25, -0.2) is 4.79 Å². The van der Waals surface area contributed by atoms with Crippen LogP contribution in [0.4, 0.5) is 4.79 Å². The van der Waals surface area contributed by atoms with Crippen LogP contribution in [-0.2, 0) is 10.3 Å². The third-order valence-corrected chi connectivity index (χ3v) is 3.26. The summed E-state index contributed by atoms with van der Waals surface area (Å²) in [6.45, 7) is 5.42. The molecule has 1 aliphatic heterocycles. The number of imide groups is 1. The SMILES string of the molecule is C=CCN1C(=O)N[C@](C)(c2ccc(Cl)cc2)C1=O. The number of urea groups is 1. The number of hydrogen-bond acceptors (Lipinski definition) is 2. The highest BCUT2D eigenvalue weighted by molar-refractivity contribution is 6.30. The summed E-state index contributed by atoms with van der Waals surface area (Å²) in [6.07, 6.45) is 1.52. The first-order valence-corrected chi connectivity index (χ1v) is 5.88. The van der Waals surface area contributed by atoms with Gasteiger partial charge < -0.3 is 5.32 Å². The van der Waals surface area contributed by atoms with E-state index < -0.39 is 11.6 Å². The molecular formula is C13H13ClN2O2. The van der Waals surface area contributed by atoms with Crippen LogP contribution in [0.5, 0.6) is 0 Å². The Morgan fingerprint density at radius 2 is 2.00 bits per heavy atom. The number of nitrogens with zero attached hydrogens (tertiary/aromatic N) is 1. The average molecular weight is 265 g/mol. The van der Waals surface area contributed by atoms with Crippen LogP contribution in [0.3, 0.4) is 0 Å². The van der Waals surface area contributed by atoms with Crippen molar-refractivity contribution in [3.05, 3.63) is 47.5 Å². The number of amides is 3. The number of rotatable bonds is 3. The maximum Gasteiger partial charge on any atom is 0.325 e. The summed E-state index contributed by atoms with van der Waals surface area (Å²) in [5.74, 6) is -0.283. The molecule has 0 spiro atoms. The van der Waals surface area contributed by atoms with E-state index in [4.69, 9.17) is 11.6 Å². The van der Waals surface area contributed by atoms with Crippen LogP contribution < -0.4 is 5.32 Å². The van der Waals surface area contributed by atoms with Crippen molar-refractivity contribution >= 4 is 23.5 Å². The summed E-state index contributed by atoms with van der Waals surface area (Å²) in [7, 11) is 0. The van der Waals surface area contributed by atoms with Gasteiger partial charge in [0.15, 0.2) is 0 Å². The van der Waals surface area contributed by atoms with Gasteiger partial charge in [0.2, 0.25) is 0 Å². The van der Waals surface area contributed by atoms with Crippen molar-refractivity contribution in [3.63, 3.8) is 0 Å². The number of carbonyl (C=O) groups is 2. The number of benzene rings is 1. The lowest BCUT2D eigenvalue weighted by Gasteiger charge is -2.22. The summed E-state index contributed by atoms with van der Waals surface area (Å²) < 4.78 is 0. The fourth-order valence-electron chi connectivity index (χ4n) is 1.97. The van der Waals surface area contributed by atoms with Gasteiger partial charge in [0, 0.05) is 11.6 Å². The van der Waals surface area contributed by atoms with Crippen molar-refractivity contribution in [2.75, 3.05) is 6.54 Å². The van der Waals surface area contributed by atoms with Gasteiger partial charge in [0.25, 0.3) is 5.91 Å². The maximum atomic E-state index is 12.3. The van der Waals surface area contributed by atoms with Crippen molar-refractivity contribution in [2.45, 2.75) is 12.5 Å². The molecule has 4 nitrogen and oxygen atoms in total. The van der Waals surface area contributed by atoms with E-state index in [0.717, 1.165) is 4.90 Å². The second kappa shape index (κ2) is 4.46. The van der Waals surface area contributed by atoms with Gasteiger partial charge in [-0.3, -0.25) is 9.69 Å². The van der Waals surface area contributed by atoms with Crippen LogP contribution in [0.1, 0.15) is 12.5 Å². The van der Waals surface area contributed by atoms with Crippen LogP contribution in [0.25, 0.3) is 0 Å². The molecule has 1 aromatic carbocycles. The molecule has 1 fully saturated rings. The Bertz CT molecular complexity index is 512. The first-order chi connectivity index (χ1) is 8.49. The molecule has 1 aromatic rings. The van der Waals surface area contributed by atoms with Crippen LogP contribution in [0, 0.1) is 0 Å². The fourth-order valence-corrected chi connectivity index (χ4v) is 2.10. The predicted molar refractivity (Wildman–Crippen MR) is 69.2 cm³/mol. The first kappa shape index (κ1) is 12.6. The Balaban J connectivity index is 2.38. The van der Waals surface area contributed by atoms with Gasteiger partial charge >= 0.3 is 6.03 Å². The normalized spacial score (nSPS) is 23.1. The molecule has 1 atom stereocenters. The molecule has 0 aliphatic carbocycles. The van der Waals surface area contributed by atoms with E-state index in [1.54, 1.807) is 31.2 Å². The maximum absolute atomic E-state index is 12.3. The van der Waals surface area contributed by atoms with Crippen molar-refractivity contribution < 1.29 is 9.59 Å². The summed E-state index contributed by atoms with van der Waals surface area (Å²) >= 11 is 5.81. The van der Waals surface area contributed by atoms with E-state index in [-0.39, 0.29) is 12.5 Å². The molecule has 0 bridgehead atoms. The summed E-state index contributed by atoms with van der Waals surface area (Å²) in [5.41, 5.74) is -0.332.